The first-order valence-electron chi connectivity index (χ1n) is 11.6. The second-order valence-electron chi connectivity index (χ2n) is 9.58. The minimum absolute atomic E-state index is 0.0582. The zero-order valence-electron chi connectivity index (χ0n) is 19.7. The van der Waals surface area contributed by atoms with Crippen molar-refractivity contribution in [3.63, 3.8) is 0 Å². The van der Waals surface area contributed by atoms with E-state index >= 15 is 0 Å². The van der Waals surface area contributed by atoms with Gasteiger partial charge in [-0.25, -0.2) is 0 Å². The van der Waals surface area contributed by atoms with Gasteiger partial charge < -0.3 is 19.9 Å². The lowest BCUT2D eigenvalue weighted by atomic mass is 9.96. The quantitative estimate of drug-likeness (QED) is 0.477. The van der Waals surface area contributed by atoms with Gasteiger partial charge in [0.15, 0.2) is 0 Å². The minimum atomic E-state index is -0.979. The maximum atomic E-state index is 13.5. The normalized spacial score (nSPS) is 16.5. The molecule has 0 radical (unpaired) electrons. The van der Waals surface area contributed by atoms with Crippen molar-refractivity contribution < 1.29 is 9.90 Å². The van der Waals surface area contributed by atoms with Crippen molar-refractivity contribution >= 4 is 39.0 Å². The van der Waals surface area contributed by atoms with Crippen LogP contribution in [0.3, 0.4) is 0 Å². The largest absolute Gasteiger partial charge is 0.388 e. The van der Waals surface area contributed by atoms with E-state index in [0.717, 1.165) is 34.8 Å². The summed E-state index contributed by atoms with van der Waals surface area (Å²) in [6, 6.07) is 13.2. The fraction of sp³-hybridized carbons (Fsp3) is 0.346. The molecular weight excluding hydrogens is 430 g/mol. The molecule has 0 aliphatic carbocycles. The van der Waals surface area contributed by atoms with Crippen LogP contribution in [0.5, 0.6) is 0 Å². The van der Waals surface area contributed by atoms with E-state index < -0.39 is 5.60 Å². The van der Waals surface area contributed by atoms with E-state index in [1.165, 1.54) is 4.57 Å². The summed E-state index contributed by atoms with van der Waals surface area (Å²) in [5, 5.41) is 20.5. The average Bonchev–Trinajstić information content (AvgIpc) is 3.43. The number of nitrogens with zero attached hydrogens (tertiary/aromatic N) is 4. The Balaban J connectivity index is 1.47. The molecule has 0 saturated carbocycles. The van der Waals surface area contributed by atoms with Gasteiger partial charge in [-0.05, 0) is 62.4 Å². The highest BCUT2D eigenvalue weighted by atomic mass is 16.3. The average molecular weight is 460 g/mol. The highest BCUT2D eigenvalue weighted by molar-refractivity contribution is 5.95. The summed E-state index contributed by atoms with van der Waals surface area (Å²) in [4.78, 5) is 28.3. The second kappa shape index (κ2) is 8.29. The molecule has 4 aromatic rings. The lowest BCUT2D eigenvalue weighted by Crippen LogP contribution is -2.49. The number of carbonyl (C=O) groups excluding carboxylic acids is 1. The molecular formula is C26H29N5O3. The fourth-order valence-corrected chi connectivity index (χ4v) is 4.99. The zero-order valence-corrected chi connectivity index (χ0v) is 19.7. The Morgan fingerprint density at radius 1 is 1.21 bits per heavy atom. The Labute approximate surface area is 197 Å². The molecule has 2 N–H and O–H groups in total. The van der Waals surface area contributed by atoms with Crippen LogP contribution >= 0.6 is 0 Å². The molecule has 8 heteroatoms. The van der Waals surface area contributed by atoms with Gasteiger partial charge in [-0.15, -0.1) is 0 Å². The van der Waals surface area contributed by atoms with E-state index in [1.54, 1.807) is 24.9 Å². The number of pyridine rings is 1. The summed E-state index contributed by atoms with van der Waals surface area (Å²) >= 11 is 0. The van der Waals surface area contributed by atoms with Crippen molar-refractivity contribution in [2.75, 3.05) is 11.9 Å². The Morgan fingerprint density at radius 3 is 2.82 bits per heavy atom. The number of aromatic nitrogens is 3. The smallest absolute Gasteiger partial charge is 0.261 e. The number of amides is 1. The molecule has 1 saturated heterocycles. The molecule has 0 bridgehead atoms. The molecule has 34 heavy (non-hydrogen) atoms. The lowest BCUT2D eigenvalue weighted by molar-refractivity contribution is -0.137. The zero-order chi connectivity index (χ0) is 24.0. The number of likely N-dealkylation sites (tertiary alicyclic amines) is 1. The van der Waals surface area contributed by atoms with E-state index in [9.17, 15) is 14.7 Å². The highest BCUT2D eigenvalue weighted by Crippen LogP contribution is 2.28. The number of aryl methyl sites for hydroxylation is 1. The molecule has 1 atom stereocenters. The topological polar surface area (TPSA) is 92.4 Å². The lowest BCUT2D eigenvalue weighted by Gasteiger charge is -2.34. The molecule has 3 heterocycles. The van der Waals surface area contributed by atoms with Crippen LogP contribution < -0.4 is 10.9 Å². The van der Waals surface area contributed by atoms with Crippen LogP contribution in [-0.2, 0) is 18.4 Å². The molecule has 1 amide bonds. The summed E-state index contributed by atoms with van der Waals surface area (Å²) < 4.78 is 3.27. The Morgan fingerprint density at radius 2 is 2.03 bits per heavy atom. The van der Waals surface area contributed by atoms with Gasteiger partial charge in [-0.2, -0.15) is 5.10 Å². The summed E-state index contributed by atoms with van der Waals surface area (Å²) in [5.41, 5.74) is 1.35. The van der Waals surface area contributed by atoms with Gasteiger partial charge >= 0.3 is 0 Å². The number of benzene rings is 2. The number of aliphatic hydroxyl groups is 1. The predicted octanol–water partition coefficient (Wildman–Crippen LogP) is 3.39. The van der Waals surface area contributed by atoms with Gasteiger partial charge in [0.2, 0.25) is 5.91 Å². The van der Waals surface area contributed by atoms with Gasteiger partial charge in [-0.3, -0.25) is 14.3 Å². The first-order valence-corrected chi connectivity index (χ1v) is 11.6. The van der Waals surface area contributed by atoms with Crippen molar-refractivity contribution in [1.29, 1.82) is 0 Å². The fourth-order valence-electron chi connectivity index (χ4n) is 4.99. The van der Waals surface area contributed by atoms with Gasteiger partial charge in [0.1, 0.15) is 6.54 Å². The number of hydrogen-bond donors (Lipinski definition) is 2. The summed E-state index contributed by atoms with van der Waals surface area (Å²) in [6.07, 6.45) is 5.09. The van der Waals surface area contributed by atoms with Gasteiger partial charge in [0.25, 0.3) is 5.56 Å². The van der Waals surface area contributed by atoms with Crippen LogP contribution in [0.2, 0.25) is 0 Å². The molecule has 8 nitrogen and oxygen atoms in total. The third kappa shape index (κ3) is 3.94. The van der Waals surface area contributed by atoms with Crippen molar-refractivity contribution in [3.8, 4) is 0 Å². The number of anilines is 2. The maximum Gasteiger partial charge on any atom is 0.261 e. The van der Waals surface area contributed by atoms with Crippen LogP contribution in [0.25, 0.3) is 21.7 Å². The number of nitrogens with one attached hydrogen (secondary N) is 1. The summed E-state index contributed by atoms with van der Waals surface area (Å²) in [6.45, 7) is 4.00. The van der Waals surface area contributed by atoms with E-state index in [2.05, 4.69) is 10.4 Å². The van der Waals surface area contributed by atoms with Crippen molar-refractivity contribution in [1.82, 2.24) is 19.2 Å². The van der Waals surface area contributed by atoms with E-state index in [1.807, 2.05) is 60.4 Å². The van der Waals surface area contributed by atoms with Crippen LogP contribution in [0.4, 0.5) is 11.4 Å². The van der Waals surface area contributed by atoms with E-state index in [-0.39, 0.29) is 24.1 Å². The van der Waals surface area contributed by atoms with E-state index in [4.69, 9.17) is 0 Å². The Hall–Kier alpha value is -3.65. The molecule has 5 rings (SSSR count). The summed E-state index contributed by atoms with van der Waals surface area (Å²) in [7, 11) is 1.90. The van der Waals surface area contributed by atoms with Crippen molar-refractivity contribution in [2.45, 2.75) is 44.9 Å². The van der Waals surface area contributed by atoms with Gasteiger partial charge in [0, 0.05) is 30.9 Å². The van der Waals surface area contributed by atoms with Crippen molar-refractivity contribution in [2.24, 2.45) is 7.05 Å². The molecule has 1 fully saturated rings. The van der Waals surface area contributed by atoms with Crippen LogP contribution in [0, 0.1) is 0 Å². The number of hydrogen-bond acceptors (Lipinski definition) is 5. The van der Waals surface area contributed by atoms with Crippen molar-refractivity contribution in [3.05, 3.63) is 65.2 Å². The predicted molar refractivity (Wildman–Crippen MR) is 133 cm³/mol. The third-order valence-electron chi connectivity index (χ3n) is 6.72. The molecule has 0 unspecified atom stereocenters. The molecule has 176 valence electrons. The van der Waals surface area contributed by atoms with Crippen LogP contribution in [0.1, 0.15) is 26.7 Å². The van der Waals surface area contributed by atoms with Gasteiger partial charge in [0.05, 0.1) is 34.4 Å². The Bertz CT molecular complexity index is 1450. The summed E-state index contributed by atoms with van der Waals surface area (Å²) in [5.74, 6) is -0.154. The first-order chi connectivity index (χ1) is 16.2. The number of fused-ring (bicyclic) bond motifs is 2. The third-order valence-corrected chi connectivity index (χ3v) is 6.72. The highest BCUT2D eigenvalue weighted by Gasteiger charge is 2.38. The second-order valence-corrected chi connectivity index (χ2v) is 9.58. The van der Waals surface area contributed by atoms with E-state index in [0.29, 0.717) is 17.6 Å². The molecule has 1 aliphatic heterocycles. The molecule has 2 aromatic carbocycles. The number of carbonyl (C=O) groups is 1. The Kier molecular flexibility index (Phi) is 5.40. The number of rotatable bonds is 5. The molecule has 2 aromatic heterocycles. The molecule has 1 aliphatic rings. The maximum absolute atomic E-state index is 13.5. The van der Waals surface area contributed by atoms with Gasteiger partial charge in [-0.1, -0.05) is 12.1 Å². The molecule has 0 spiro atoms. The van der Waals surface area contributed by atoms with Crippen LogP contribution in [-0.4, -0.2) is 48.4 Å². The van der Waals surface area contributed by atoms with Crippen LogP contribution in [0.15, 0.2) is 59.7 Å². The minimum Gasteiger partial charge on any atom is -0.388 e. The first kappa shape index (κ1) is 22.2. The standard InChI is InChI=1S/C26H29N5O3/c1-26(2,34)22-8-5-12-31(22)23(32)16-30-13-11-17-6-4-7-20(24(17)25(30)33)28-19-9-10-21-18(14-19)15-27-29(21)3/h4,6-7,9-11,13-15,22,28,34H,5,8,12,16H2,1-3H3/t22-/m0/s1. The SMILES string of the molecule is Cn1ncc2cc(Nc3cccc4ccn(CC(=O)N5CCC[C@H]5C(C)(C)O)c(=O)c34)ccc21. The monoisotopic (exact) mass is 459 g/mol.